The molecule has 2 rings (SSSR count). The van der Waals surface area contributed by atoms with Gasteiger partial charge in [-0.1, -0.05) is 12.1 Å². The molecular formula is C12H13N3O. The number of nitrogens with two attached hydrogens (primary N) is 1. The molecule has 1 heterocycles. The lowest BCUT2D eigenvalue weighted by Crippen LogP contribution is -2.06. The first kappa shape index (κ1) is 10.4. The van der Waals surface area contributed by atoms with Crippen LogP contribution in [0.25, 0.3) is 0 Å². The van der Waals surface area contributed by atoms with Crippen LogP contribution in [-0.4, -0.2) is 15.6 Å². The Morgan fingerprint density at radius 2 is 2.12 bits per heavy atom. The molecule has 0 aliphatic heterocycles. The largest absolute Gasteiger partial charge is 0.398 e. The number of ketones is 1. The van der Waals surface area contributed by atoms with Gasteiger partial charge < -0.3 is 5.73 Å². The highest BCUT2D eigenvalue weighted by molar-refractivity contribution is 6.09. The summed E-state index contributed by atoms with van der Waals surface area (Å²) in [4.78, 5) is 12.1. The predicted molar refractivity (Wildman–Crippen MR) is 62.2 cm³/mol. The molecule has 0 atom stereocenters. The van der Waals surface area contributed by atoms with Crippen molar-refractivity contribution in [1.82, 2.24) is 9.78 Å². The number of carbonyl (C=O) groups is 1. The average molecular weight is 215 g/mol. The Morgan fingerprint density at radius 1 is 1.38 bits per heavy atom. The molecule has 2 N–H and O–H groups in total. The summed E-state index contributed by atoms with van der Waals surface area (Å²) in [5.41, 5.74) is 8.25. The number of aromatic nitrogens is 2. The Morgan fingerprint density at radius 3 is 2.75 bits per heavy atom. The van der Waals surface area contributed by atoms with E-state index in [1.54, 1.807) is 42.2 Å². The number of nitrogen functional groups attached to an aromatic ring is 1. The van der Waals surface area contributed by atoms with Crippen molar-refractivity contribution < 1.29 is 4.79 Å². The first-order chi connectivity index (χ1) is 7.59. The summed E-state index contributed by atoms with van der Waals surface area (Å²) in [6.07, 6.45) is 1.74. The molecular weight excluding hydrogens is 202 g/mol. The van der Waals surface area contributed by atoms with Crippen molar-refractivity contribution in [3.63, 3.8) is 0 Å². The fraction of sp³-hybridized carbons (Fsp3) is 0.167. The molecule has 16 heavy (non-hydrogen) atoms. The van der Waals surface area contributed by atoms with Crippen LogP contribution in [0.1, 0.15) is 21.6 Å². The third-order valence-corrected chi connectivity index (χ3v) is 2.57. The Kier molecular flexibility index (Phi) is 2.48. The molecule has 4 heteroatoms. The topological polar surface area (TPSA) is 60.9 Å². The molecule has 0 spiro atoms. The van der Waals surface area contributed by atoms with E-state index in [4.69, 9.17) is 5.73 Å². The molecule has 0 bridgehead atoms. The molecule has 0 saturated heterocycles. The van der Waals surface area contributed by atoms with Crippen LogP contribution in [0.2, 0.25) is 0 Å². The lowest BCUT2D eigenvalue weighted by Gasteiger charge is -2.05. The molecule has 0 aliphatic rings. The Hall–Kier alpha value is -2.10. The molecule has 1 aromatic carbocycles. The first-order valence-electron chi connectivity index (χ1n) is 4.99. The minimum atomic E-state index is -0.0922. The number of anilines is 1. The van der Waals surface area contributed by atoms with Crippen molar-refractivity contribution in [2.75, 3.05) is 5.73 Å². The zero-order valence-electron chi connectivity index (χ0n) is 9.27. The summed E-state index contributed by atoms with van der Waals surface area (Å²) in [5.74, 6) is -0.0922. The second kappa shape index (κ2) is 3.81. The zero-order chi connectivity index (χ0) is 11.7. The van der Waals surface area contributed by atoms with Crippen molar-refractivity contribution >= 4 is 11.5 Å². The number of hydrogen-bond donors (Lipinski definition) is 1. The maximum atomic E-state index is 12.1. The van der Waals surface area contributed by atoms with Gasteiger partial charge in [-0.15, -0.1) is 0 Å². The van der Waals surface area contributed by atoms with E-state index in [0.29, 0.717) is 16.9 Å². The molecule has 82 valence electrons. The fourth-order valence-corrected chi connectivity index (χ4v) is 1.57. The van der Waals surface area contributed by atoms with Crippen LogP contribution in [-0.2, 0) is 7.05 Å². The standard InChI is InChI=1S/C12H13N3O/c1-8-9(4-3-5-10(8)13)12(16)11-6-7-15(2)14-11/h3-7H,13H2,1-2H3. The molecule has 0 radical (unpaired) electrons. The lowest BCUT2D eigenvalue weighted by atomic mass is 10.0. The number of carbonyl (C=O) groups excluding carboxylic acids is 1. The maximum absolute atomic E-state index is 12.1. The first-order valence-corrected chi connectivity index (χ1v) is 4.99. The smallest absolute Gasteiger partial charge is 0.213 e. The molecule has 0 unspecified atom stereocenters. The van der Waals surface area contributed by atoms with E-state index in [1.807, 2.05) is 6.92 Å². The Balaban J connectivity index is 2.45. The fourth-order valence-electron chi connectivity index (χ4n) is 1.57. The van der Waals surface area contributed by atoms with Crippen molar-refractivity contribution in [2.24, 2.45) is 7.05 Å². The molecule has 0 fully saturated rings. The SMILES string of the molecule is Cc1c(N)cccc1C(=O)c1ccn(C)n1. The van der Waals surface area contributed by atoms with Gasteiger partial charge in [-0.25, -0.2) is 0 Å². The minimum absolute atomic E-state index is 0.0922. The molecule has 0 amide bonds. The number of aryl methyl sites for hydroxylation is 1. The molecule has 4 nitrogen and oxygen atoms in total. The summed E-state index contributed by atoms with van der Waals surface area (Å²) in [7, 11) is 1.78. The zero-order valence-corrected chi connectivity index (χ0v) is 9.27. The number of hydrogen-bond acceptors (Lipinski definition) is 3. The van der Waals surface area contributed by atoms with Crippen LogP contribution in [0.5, 0.6) is 0 Å². The Labute approximate surface area is 93.7 Å². The predicted octanol–water partition coefficient (Wildman–Crippen LogP) is 1.54. The van der Waals surface area contributed by atoms with E-state index >= 15 is 0 Å². The van der Waals surface area contributed by atoms with Crippen LogP contribution in [0.15, 0.2) is 30.5 Å². The highest BCUT2D eigenvalue weighted by Gasteiger charge is 2.14. The minimum Gasteiger partial charge on any atom is -0.398 e. The van der Waals surface area contributed by atoms with E-state index in [9.17, 15) is 4.79 Å². The maximum Gasteiger partial charge on any atom is 0.213 e. The molecule has 1 aromatic heterocycles. The number of rotatable bonds is 2. The quantitative estimate of drug-likeness (QED) is 0.610. The van der Waals surface area contributed by atoms with E-state index in [2.05, 4.69) is 5.10 Å². The van der Waals surface area contributed by atoms with Crippen LogP contribution in [0, 0.1) is 6.92 Å². The third-order valence-electron chi connectivity index (χ3n) is 2.57. The second-order valence-corrected chi connectivity index (χ2v) is 3.72. The third kappa shape index (κ3) is 1.69. The van der Waals surface area contributed by atoms with Gasteiger partial charge in [0, 0.05) is 24.5 Å². The van der Waals surface area contributed by atoms with Gasteiger partial charge in [-0.3, -0.25) is 9.48 Å². The van der Waals surface area contributed by atoms with Gasteiger partial charge in [-0.05, 0) is 24.6 Å². The van der Waals surface area contributed by atoms with Crippen LogP contribution in [0.4, 0.5) is 5.69 Å². The summed E-state index contributed by atoms with van der Waals surface area (Å²) in [6.45, 7) is 1.84. The van der Waals surface area contributed by atoms with Gasteiger partial charge >= 0.3 is 0 Å². The van der Waals surface area contributed by atoms with E-state index < -0.39 is 0 Å². The van der Waals surface area contributed by atoms with Gasteiger partial charge in [0.2, 0.25) is 5.78 Å². The number of benzene rings is 1. The average Bonchev–Trinajstić information content (AvgIpc) is 2.68. The van der Waals surface area contributed by atoms with E-state index in [0.717, 1.165) is 5.56 Å². The van der Waals surface area contributed by atoms with Crippen molar-refractivity contribution in [1.29, 1.82) is 0 Å². The highest BCUT2D eigenvalue weighted by Crippen LogP contribution is 2.18. The van der Waals surface area contributed by atoms with Crippen LogP contribution >= 0.6 is 0 Å². The van der Waals surface area contributed by atoms with Crippen molar-refractivity contribution in [3.8, 4) is 0 Å². The Bertz CT molecular complexity index is 543. The molecule has 0 aliphatic carbocycles. The molecule has 0 saturated carbocycles. The van der Waals surface area contributed by atoms with E-state index in [-0.39, 0.29) is 5.78 Å². The summed E-state index contributed by atoms with van der Waals surface area (Å²) < 4.78 is 1.61. The summed E-state index contributed by atoms with van der Waals surface area (Å²) in [5, 5.41) is 4.08. The van der Waals surface area contributed by atoms with Crippen LogP contribution in [0.3, 0.4) is 0 Å². The van der Waals surface area contributed by atoms with Gasteiger partial charge in [0.05, 0.1) is 0 Å². The summed E-state index contributed by atoms with van der Waals surface area (Å²) in [6, 6.07) is 7.02. The normalized spacial score (nSPS) is 10.4. The second-order valence-electron chi connectivity index (χ2n) is 3.72. The lowest BCUT2D eigenvalue weighted by molar-refractivity contribution is 0.103. The van der Waals surface area contributed by atoms with Crippen molar-refractivity contribution in [2.45, 2.75) is 6.92 Å². The van der Waals surface area contributed by atoms with E-state index in [1.165, 1.54) is 0 Å². The molecule has 2 aromatic rings. The monoisotopic (exact) mass is 215 g/mol. The van der Waals surface area contributed by atoms with Crippen molar-refractivity contribution in [3.05, 3.63) is 47.3 Å². The van der Waals surface area contributed by atoms with Gasteiger partial charge in [-0.2, -0.15) is 5.10 Å². The van der Waals surface area contributed by atoms with Gasteiger partial charge in [0.25, 0.3) is 0 Å². The number of nitrogens with zero attached hydrogens (tertiary/aromatic N) is 2. The summed E-state index contributed by atoms with van der Waals surface area (Å²) >= 11 is 0. The van der Waals surface area contributed by atoms with Gasteiger partial charge in [0.15, 0.2) is 0 Å². The van der Waals surface area contributed by atoms with Gasteiger partial charge in [0.1, 0.15) is 5.69 Å². The highest BCUT2D eigenvalue weighted by atomic mass is 16.1. The van der Waals surface area contributed by atoms with Crippen LogP contribution < -0.4 is 5.73 Å².